The van der Waals surface area contributed by atoms with Crippen LogP contribution in [0.25, 0.3) is 0 Å². The second-order valence-electron chi connectivity index (χ2n) is 5.92. The lowest BCUT2D eigenvalue weighted by Gasteiger charge is -2.16. The first kappa shape index (κ1) is 23.1. The van der Waals surface area contributed by atoms with E-state index < -0.39 is 12.1 Å². The van der Waals surface area contributed by atoms with Crippen molar-refractivity contribution in [2.45, 2.75) is 33.3 Å². The second kappa shape index (κ2) is 11.8. The summed E-state index contributed by atoms with van der Waals surface area (Å²) in [6, 6.07) is 5.23. The molecule has 0 bridgehead atoms. The number of hydrazone groups is 1. The number of rotatable bonds is 11. The molecule has 0 aliphatic heterocycles. The van der Waals surface area contributed by atoms with Gasteiger partial charge in [0, 0.05) is 5.38 Å². The van der Waals surface area contributed by atoms with Crippen molar-refractivity contribution in [1.29, 1.82) is 0 Å². The highest BCUT2D eigenvalue weighted by Crippen LogP contribution is 2.29. The zero-order valence-electron chi connectivity index (χ0n) is 17.3. The molecule has 1 aromatic carbocycles. The van der Waals surface area contributed by atoms with Gasteiger partial charge in [0.15, 0.2) is 17.6 Å². The molecule has 0 aliphatic rings. The summed E-state index contributed by atoms with van der Waals surface area (Å²) in [7, 11) is 1.31. The van der Waals surface area contributed by atoms with Crippen molar-refractivity contribution >= 4 is 34.6 Å². The van der Waals surface area contributed by atoms with Gasteiger partial charge in [0.1, 0.15) is 0 Å². The van der Waals surface area contributed by atoms with Gasteiger partial charge in [-0.25, -0.2) is 9.78 Å². The van der Waals surface area contributed by atoms with Crippen LogP contribution in [0.3, 0.4) is 0 Å². The van der Waals surface area contributed by atoms with Gasteiger partial charge in [-0.1, -0.05) is 0 Å². The van der Waals surface area contributed by atoms with E-state index in [0.717, 1.165) is 5.56 Å². The van der Waals surface area contributed by atoms with Crippen LogP contribution in [0.5, 0.6) is 11.5 Å². The number of anilines is 1. The van der Waals surface area contributed by atoms with E-state index in [4.69, 9.17) is 14.2 Å². The van der Waals surface area contributed by atoms with Crippen LogP contribution in [-0.4, -0.2) is 49.6 Å². The van der Waals surface area contributed by atoms with E-state index in [1.165, 1.54) is 18.4 Å². The van der Waals surface area contributed by atoms with E-state index in [-0.39, 0.29) is 12.4 Å². The third-order valence-electron chi connectivity index (χ3n) is 3.66. The lowest BCUT2D eigenvalue weighted by molar-refractivity contribution is -0.148. The largest absolute Gasteiger partial charge is 0.490 e. The van der Waals surface area contributed by atoms with Crippen molar-refractivity contribution in [2.24, 2.45) is 5.10 Å². The molecule has 0 saturated heterocycles. The fraction of sp³-hybridized carbons (Fsp3) is 0.400. The summed E-state index contributed by atoms with van der Waals surface area (Å²) in [5.41, 5.74) is 4.21. The second-order valence-corrected chi connectivity index (χ2v) is 6.78. The molecule has 0 fully saturated rings. The summed E-state index contributed by atoms with van der Waals surface area (Å²) >= 11 is 1.34. The summed E-state index contributed by atoms with van der Waals surface area (Å²) in [4.78, 5) is 27.4. The lowest BCUT2D eigenvalue weighted by atomic mass is 10.2. The zero-order valence-corrected chi connectivity index (χ0v) is 18.2. The smallest absolute Gasteiger partial charge is 0.346 e. The number of nitrogens with zero attached hydrogens (tertiary/aromatic N) is 2. The van der Waals surface area contributed by atoms with Gasteiger partial charge in [0.25, 0.3) is 0 Å². The molecule has 1 unspecified atom stereocenters. The molecule has 1 aromatic heterocycles. The Hall–Kier alpha value is -3.14. The zero-order chi connectivity index (χ0) is 21.9. The van der Waals surface area contributed by atoms with Crippen molar-refractivity contribution in [3.05, 3.63) is 34.8 Å². The Morgan fingerprint density at radius 3 is 2.77 bits per heavy atom. The number of esters is 2. The monoisotopic (exact) mass is 435 g/mol. The quantitative estimate of drug-likeness (QED) is 0.326. The Balaban J connectivity index is 2.01. The Bertz CT molecular complexity index is 883. The van der Waals surface area contributed by atoms with E-state index >= 15 is 0 Å². The van der Waals surface area contributed by atoms with Crippen LogP contribution in [0.2, 0.25) is 0 Å². The van der Waals surface area contributed by atoms with Gasteiger partial charge >= 0.3 is 11.9 Å². The Morgan fingerprint density at radius 1 is 1.27 bits per heavy atom. The van der Waals surface area contributed by atoms with E-state index in [1.54, 1.807) is 43.6 Å². The predicted octanol–water partition coefficient (Wildman–Crippen LogP) is 3.03. The number of hydrogen-bond acceptors (Lipinski definition) is 10. The van der Waals surface area contributed by atoms with Crippen LogP contribution in [0.1, 0.15) is 32.0 Å². The molecule has 162 valence electrons. The third kappa shape index (κ3) is 7.03. The first-order valence-corrected chi connectivity index (χ1v) is 10.2. The number of carbonyl (C=O) groups is 2. The van der Waals surface area contributed by atoms with Gasteiger partial charge in [-0.3, -0.25) is 10.2 Å². The van der Waals surface area contributed by atoms with E-state index in [1.807, 2.05) is 6.92 Å². The van der Waals surface area contributed by atoms with Gasteiger partial charge in [0.05, 0.1) is 38.7 Å². The molecule has 2 rings (SSSR count). The molecule has 1 N–H and O–H groups in total. The van der Waals surface area contributed by atoms with Crippen molar-refractivity contribution in [3.8, 4) is 11.5 Å². The summed E-state index contributed by atoms with van der Waals surface area (Å²) in [5.74, 6) is 0.134. The molecule has 0 spiro atoms. The number of nitrogens with one attached hydrogen (secondary N) is 1. The predicted molar refractivity (Wildman–Crippen MR) is 113 cm³/mol. The molecule has 0 aliphatic carbocycles. The summed E-state index contributed by atoms with van der Waals surface area (Å²) < 4.78 is 20.8. The molecule has 30 heavy (non-hydrogen) atoms. The highest BCUT2D eigenvalue weighted by molar-refractivity contribution is 7.13. The molecular formula is C20H25N3O6S. The number of benzene rings is 1. The molecule has 9 nitrogen and oxygen atoms in total. The van der Waals surface area contributed by atoms with Gasteiger partial charge < -0.3 is 18.9 Å². The van der Waals surface area contributed by atoms with Crippen molar-refractivity contribution in [2.75, 3.05) is 25.7 Å². The van der Waals surface area contributed by atoms with Crippen molar-refractivity contribution in [1.82, 2.24) is 4.98 Å². The fourth-order valence-corrected chi connectivity index (χ4v) is 3.00. The minimum atomic E-state index is -0.760. The van der Waals surface area contributed by atoms with E-state index in [0.29, 0.717) is 35.5 Å². The number of ether oxygens (including phenoxy) is 4. The maximum atomic E-state index is 11.6. The van der Waals surface area contributed by atoms with Gasteiger partial charge in [-0.05, 0) is 44.5 Å². The molecule has 2 aromatic rings. The van der Waals surface area contributed by atoms with Gasteiger partial charge in [0.2, 0.25) is 5.13 Å². The number of aromatic nitrogens is 1. The maximum absolute atomic E-state index is 11.6. The van der Waals surface area contributed by atoms with Crippen LogP contribution in [-0.2, 0) is 25.5 Å². The number of carbonyl (C=O) groups excluding carboxylic acids is 2. The highest BCUT2D eigenvalue weighted by Gasteiger charge is 2.17. The standard InChI is InChI=1S/C20H25N3O6S/c1-5-27-17-9-14(7-8-16(17)29-13(3)19(25)26-4)11-21-23-20-22-15(12-30-20)10-18(24)28-6-2/h7-9,11-13H,5-6,10H2,1-4H3,(H,22,23). The van der Waals surface area contributed by atoms with Crippen LogP contribution >= 0.6 is 11.3 Å². The molecule has 0 amide bonds. The number of thiazole rings is 1. The normalized spacial score (nSPS) is 11.7. The molecule has 0 radical (unpaired) electrons. The highest BCUT2D eigenvalue weighted by atomic mass is 32.1. The minimum absolute atomic E-state index is 0.124. The average molecular weight is 436 g/mol. The molecule has 1 heterocycles. The van der Waals surface area contributed by atoms with E-state index in [9.17, 15) is 9.59 Å². The topological polar surface area (TPSA) is 108 Å². The molecule has 1 atom stereocenters. The number of hydrogen-bond donors (Lipinski definition) is 1. The van der Waals surface area contributed by atoms with Gasteiger partial charge in [-0.15, -0.1) is 11.3 Å². The van der Waals surface area contributed by atoms with Crippen LogP contribution in [0, 0.1) is 0 Å². The van der Waals surface area contributed by atoms with Crippen molar-refractivity contribution in [3.63, 3.8) is 0 Å². The summed E-state index contributed by atoms with van der Waals surface area (Å²) in [6.45, 7) is 5.99. The Labute approximate surface area is 179 Å². The fourth-order valence-electron chi connectivity index (χ4n) is 2.34. The molecule has 10 heteroatoms. The van der Waals surface area contributed by atoms with Crippen LogP contribution in [0.4, 0.5) is 5.13 Å². The lowest BCUT2D eigenvalue weighted by Crippen LogP contribution is -2.25. The summed E-state index contributed by atoms with van der Waals surface area (Å²) in [5, 5.41) is 6.49. The SMILES string of the molecule is CCOC(=O)Cc1csc(NN=Cc2ccc(OC(C)C(=O)OC)c(OCC)c2)n1. The Kier molecular flexibility index (Phi) is 9.07. The first-order valence-electron chi connectivity index (χ1n) is 9.37. The first-order chi connectivity index (χ1) is 14.5. The average Bonchev–Trinajstić information content (AvgIpc) is 3.16. The summed E-state index contributed by atoms with van der Waals surface area (Å²) in [6.07, 6.45) is 0.963. The maximum Gasteiger partial charge on any atom is 0.346 e. The van der Waals surface area contributed by atoms with Crippen LogP contribution in [0.15, 0.2) is 28.7 Å². The minimum Gasteiger partial charge on any atom is -0.490 e. The van der Waals surface area contributed by atoms with Gasteiger partial charge in [-0.2, -0.15) is 5.10 Å². The molecule has 0 saturated carbocycles. The molecular weight excluding hydrogens is 410 g/mol. The van der Waals surface area contributed by atoms with Crippen molar-refractivity contribution < 1.29 is 28.5 Å². The third-order valence-corrected chi connectivity index (χ3v) is 4.46. The van der Waals surface area contributed by atoms with Crippen LogP contribution < -0.4 is 14.9 Å². The Morgan fingerprint density at radius 2 is 2.07 bits per heavy atom. The number of methoxy groups -OCH3 is 1. The van der Waals surface area contributed by atoms with E-state index in [2.05, 4.69) is 20.2 Å².